The van der Waals surface area contributed by atoms with Crippen molar-refractivity contribution in [3.63, 3.8) is 0 Å². The van der Waals surface area contributed by atoms with E-state index < -0.39 is 18.1 Å². The van der Waals surface area contributed by atoms with Crippen molar-refractivity contribution in [3.05, 3.63) is 17.0 Å². The van der Waals surface area contributed by atoms with Gasteiger partial charge in [0.1, 0.15) is 5.00 Å². The lowest BCUT2D eigenvalue weighted by molar-refractivity contribution is -0.167. The molecule has 0 aliphatic rings. The van der Waals surface area contributed by atoms with Crippen molar-refractivity contribution in [2.45, 2.75) is 6.18 Å². The van der Waals surface area contributed by atoms with Crippen molar-refractivity contribution in [3.8, 4) is 0 Å². The van der Waals surface area contributed by atoms with E-state index in [-0.39, 0.29) is 10.6 Å². The van der Waals surface area contributed by atoms with E-state index in [9.17, 15) is 22.8 Å². The van der Waals surface area contributed by atoms with Gasteiger partial charge in [-0.05, 0) is 11.4 Å². The van der Waals surface area contributed by atoms with E-state index >= 15 is 0 Å². The number of hydrogen-bond acceptors (Lipinski definition) is 3. The van der Waals surface area contributed by atoms with Crippen LogP contribution in [0.15, 0.2) is 11.4 Å². The molecule has 4 nitrogen and oxygen atoms in total. The fourth-order valence-corrected chi connectivity index (χ4v) is 1.52. The second-order valence-corrected chi connectivity index (χ2v) is 3.34. The van der Waals surface area contributed by atoms with E-state index in [1.54, 1.807) is 0 Å². The van der Waals surface area contributed by atoms with Gasteiger partial charge < -0.3 is 10.4 Å². The third-order valence-electron chi connectivity index (χ3n) is 1.38. The molecule has 0 saturated carbocycles. The van der Waals surface area contributed by atoms with E-state index in [1.807, 2.05) is 0 Å². The van der Waals surface area contributed by atoms with Crippen LogP contribution in [0, 0.1) is 0 Å². The number of carboxylic acids is 1. The second-order valence-electron chi connectivity index (χ2n) is 2.42. The largest absolute Gasteiger partial charge is 0.478 e. The summed E-state index contributed by atoms with van der Waals surface area (Å²) >= 11 is 0.710. The number of hydrogen-bond donors (Lipinski definition) is 2. The molecule has 0 fully saturated rings. The average molecular weight is 239 g/mol. The molecule has 2 N–H and O–H groups in total. The van der Waals surface area contributed by atoms with Crippen molar-refractivity contribution in [1.82, 2.24) is 0 Å². The summed E-state index contributed by atoms with van der Waals surface area (Å²) in [6, 6.07) is 1.11. The summed E-state index contributed by atoms with van der Waals surface area (Å²) in [5.41, 5.74) is -0.363. The van der Waals surface area contributed by atoms with Gasteiger partial charge in [0.15, 0.2) is 0 Å². The number of aromatic carboxylic acids is 1. The number of halogens is 3. The first-order valence-electron chi connectivity index (χ1n) is 3.51. The lowest BCUT2D eigenvalue weighted by Gasteiger charge is -2.06. The number of anilines is 1. The molecular weight excluding hydrogens is 235 g/mol. The van der Waals surface area contributed by atoms with Crippen LogP contribution in [0.2, 0.25) is 0 Å². The molecule has 1 rings (SSSR count). The molecule has 1 heterocycles. The topological polar surface area (TPSA) is 66.4 Å². The molecule has 0 radical (unpaired) electrons. The molecule has 1 aromatic heterocycles. The van der Waals surface area contributed by atoms with Crippen LogP contribution in [0.5, 0.6) is 0 Å². The molecule has 82 valence electrons. The Labute approximate surface area is 85.3 Å². The van der Waals surface area contributed by atoms with Gasteiger partial charge in [-0.15, -0.1) is 11.3 Å². The Balaban J connectivity index is 2.86. The Bertz CT molecular complexity index is 398. The van der Waals surface area contributed by atoms with Crippen LogP contribution in [-0.4, -0.2) is 23.2 Å². The number of alkyl halides is 3. The minimum atomic E-state index is -5.03. The lowest BCUT2D eigenvalue weighted by Crippen LogP contribution is -2.30. The molecule has 0 aliphatic carbocycles. The van der Waals surface area contributed by atoms with Gasteiger partial charge in [-0.3, -0.25) is 4.79 Å². The maximum atomic E-state index is 11.8. The molecule has 0 unspecified atom stereocenters. The summed E-state index contributed by atoms with van der Waals surface area (Å²) in [7, 11) is 0. The number of amides is 1. The van der Waals surface area contributed by atoms with Gasteiger partial charge in [-0.1, -0.05) is 0 Å². The molecule has 8 heteroatoms. The van der Waals surface area contributed by atoms with Gasteiger partial charge in [0.05, 0.1) is 5.56 Å². The number of nitrogens with one attached hydrogen (secondary N) is 1. The van der Waals surface area contributed by atoms with Gasteiger partial charge in [-0.2, -0.15) is 13.2 Å². The van der Waals surface area contributed by atoms with Gasteiger partial charge in [0.25, 0.3) is 0 Å². The molecule has 1 amide bonds. The standard InChI is InChI=1S/C7H4F3NO3S/c8-7(9,10)6(14)11-4-3(5(12)13)1-2-15-4/h1-2H,(H,11,14)(H,12,13). The minimum absolute atomic E-state index is 0.329. The third kappa shape index (κ3) is 2.69. The summed E-state index contributed by atoms with van der Waals surface area (Å²) in [5.74, 6) is -3.58. The summed E-state index contributed by atoms with van der Waals surface area (Å²) in [4.78, 5) is 21.0. The summed E-state index contributed by atoms with van der Waals surface area (Å²) in [6.45, 7) is 0. The van der Waals surface area contributed by atoms with Gasteiger partial charge in [0, 0.05) is 0 Å². The summed E-state index contributed by atoms with van der Waals surface area (Å²) in [5, 5.41) is 11.0. The predicted molar refractivity (Wildman–Crippen MR) is 46.0 cm³/mol. The number of rotatable bonds is 2. The summed E-state index contributed by atoms with van der Waals surface area (Å²) in [6.07, 6.45) is -5.03. The van der Waals surface area contributed by atoms with Crippen molar-refractivity contribution in [2.24, 2.45) is 0 Å². The van der Waals surface area contributed by atoms with Crippen LogP contribution >= 0.6 is 11.3 Å². The first kappa shape index (κ1) is 11.5. The van der Waals surface area contributed by atoms with E-state index in [0.717, 1.165) is 6.07 Å². The lowest BCUT2D eigenvalue weighted by atomic mass is 10.3. The Morgan fingerprint density at radius 2 is 2.00 bits per heavy atom. The fraction of sp³-hybridized carbons (Fsp3) is 0.143. The average Bonchev–Trinajstić information content (AvgIpc) is 2.50. The van der Waals surface area contributed by atoms with E-state index in [4.69, 9.17) is 5.11 Å². The Hall–Kier alpha value is -1.57. The summed E-state index contributed by atoms with van der Waals surface area (Å²) < 4.78 is 35.5. The molecule has 0 saturated heterocycles. The highest BCUT2D eigenvalue weighted by molar-refractivity contribution is 7.14. The number of carbonyl (C=O) groups is 2. The van der Waals surface area contributed by atoms with Gasteiger partial charge in [0.2, 0.25) is 0 Å². The van der Waals surface area contributed by atoms with Crippen LogP contribution < -0.4 is 5.32 Å². The van der Waals surface area contributed by atoms with Gasteiger partial charge in [-0.25, -0.2) is 4.79 Å². The number of carboxylic acid groups (broad SMARTS) is 1. The van der Waals surface area contributed by atoms with E-state index in [0.29, 0.717) is 11.3 Å². The van der Waals surface area contributed by atoms with Crippen molar-refractivity contribution in [1.29, 1.82) is 0 Å². The molecule has 0 atom stereocenters. The SMILES string of the molecule is O=C(O)c1ccsc1NC(=O)C(F)(F)F. The predicted octanol–water partition coefficient (Wildman–Crippen LogP) is 1.95. The van der Waals surface area contributed by atoms with Crippen LogP contribution in [0.3, 0.4) is 0 Å². The number of thiophene rings is 1. The monoisotopic (exact) mass is 239 g/mol. The Morgan fingerprint density at radius 1 is 1.40 bits per heavy atom. The highest BCUT2D eigenvalue weighted by atomic mass is 32.1. The number of carbonyl (C=O) groups excluding carboxylic acids is 1. The molecule has 1 aromatic rings. The second kappa shape index (κ2) is 3.89. The maximum Gasteiger partial charge on any atom is 0.471 e. The van der Waals surface area contributed by atoms with Crippen molar-refractivity contribution < 1.29 is 27.9 Å². The van der Waals surface area contributed by atoms with Crippen molar-refractivity contribution >= 4 is 28.2 Å². The molecular formula is C7H4F3NO3S. The highest BCUT2D eigenvalue weighted by Crippen LogP contribution is 2.25. The first-order valence-corrected chi connectivity index (χ1v) is 4.39. The van der Waals surface area contributed by atoms with Crippen LogP contribution in [0.25, 0.3) is 0 Å². The molecule has 0 aromatic carbocycles. The molecule has 0 spiro atoms. The van der Waals surface area contributed by atoms with E-state index in [2.05, 4.69) is 0 Å². The third-order valence-corrected chi connectivity index (χ3v) is 2.21. The fourth-order valence-electron chi connectivity index (χ4n) is 0.748. The zero-order valence-corrected chi connectivity index (χ0v) is 7.78. The zero-order valence-electron chi connectivity index (χ0n) is 6.96. The van der Waals surface area contributed by atoms with Gasteiger partial charge >= 0.3 is 18.1 Å². The maximum absolute atomic E-state index is 11.8. The first-order chi connectivity index (χ1) is 6.82. The Kier molecular flexibility index (Phi) is 2.98. The molecule has 0 bridgehead atoms. The van der Waals surface area contributed by atoms with Crippen molar-refractivity contribution in [2.75, 3.05) is 5.32 Å². The quantitative estimate of drug-likeness (QED) is 0.828. The van der Waals surface area contributed by atoms with Crippen LogP contribution in [0.4, 0.5) is 18.2 Å². The normalized spacial score (nSPS) is 11.1. The highest BCUT2D eigenvalue weighted by Gasteiger charge is 2.39. The minimum Gasteiger partial charge on any atom is -0.478 e. The molecule has 15 heavy (non-hydrogen) atoms. The smallest absolute Gasteiger partial charge is 0.471 e. The van der Waals surface area contributed by atoms with Crippen LogP contribution in [0.1, 0.15) is 10.4 Å². The van der Waals surface area contributed by atoms with Crippen LogP contribution in [-0.2, 0) is 4.79 Å². The molecule has 0 aliphatic heterocycles. The van der Waals surface area contributed by atoms with E-state index in [1.165, 1.54) is 10.7 Å². The Morgan fingerprint density at radius 3 is 2.47 bits per heavy atom. The zero-order chi connectivity index (χ0) is 11.6.